The summed E-state index contributed by atoms with van der Waals surface area (Å²) in [5.41, 5.74) is 0.954. The zero-order valence-corrected chi connectivity index (χ0v) is 19.4. The number of ether oxygens (including phenoxy) is 1. The summed E-state index contributed by atoms with van der Waals surface area (Å²) in [7, 11) is 1.54. The first-order valence-corrected chi connectivity index (χ1v) is 11.7. The number of benzene rings is 1. The van der Waals surface area contributed by atoms with Gasteiger partial charge in [0.25, 0.3) is 5.91 Å². The van der Waals surface area contributed by atoms with Crippen LogP contribution in [-0.4, -0.2) is 28.4 Å². The zero-order chi connectivity index (χ0) is 22.0. The van der Waals surface area contributed by atoms with Crippen molar-refractivity contribution in [1.29, 1.82) is 0 Å². The fourth-order valence-electron chi connectivity index (χ4n) is 2.81. The summed E-state index contributed by atoms with van der Waals surface area (Å²) < 4.78 is 10.9. The molecule has 0 aliphatic carbocycles. The Bertz CT molecular complexity index is 1160. The molecule has 1 aliphatic heterocycles. The molecule has 0 saturated heterocycles. The first-order valence-electron chi connectivity index (χ1n) is 9.43. The molecule has 3 heterocycles. The van der Waals surface area contributed by atoms with Gasteiger partial charge in [-0.2, -0.15) is 0 Å². The largest absolute Gasteiger partial charge is 0.495 e. The maximum absolute atomic E-state index is 13.2. The molecule has 0 spiro atoms. The fourth-order valence-corrected chi connectivity index (χ4v) is 4.56. The van der Waals surface area contributed by atoms with E-state index < -0.39 is 0 Å². The second kappa shape index (κ2) is 9.25. The van der Waals surface area contributed by atoms with Gasteiger partial charge in [0, 0.05) is 10.8 Å². The van der Waals surface area contributed by atoms with Crippen molar-refractivity contribution in [2.45, 2.75) is 25.5 Å². The molecule has 0 bridgehead atoms. The van der Waals surface area contributed by atoms with E-state index in [4.69, 9.17) is 20.8 Å². The number of carbonyl (C=O) groups excluding carboxylic acids is 1. The van der Waals surface area contributed by atoms with Crippen LogP contribution >= 0.6 is 34.7 Å². The van der Waals surface area contributed by atoms with E-state index in [1.165, 1.54) is 28.0 Å². The van der Waals surface area contributed by atoms with E-state index >= 15 is 0 Å². The number of anilines is 1. The SMILES string of the molecule is COc1ccc(N2C(=O)/C(=C/c3cccs3)N=C2SCc2nnc(C(C)C)o2)cc1Cl. The third-order valence-corrected chi connectivity index (χ3v) is 6.38. The van der Waals surface area contributed by atoms with Crippen molar-refractivity contribution in [1.82, 2.24) is 10.2 Å². The van der Waals surface area contributed by atoms with E-state index in [1.807, 2.05) is 31.4 Å². The van der Waals surface area contributed by atoms with Crippen LogP contribution in [0.5, 0.6) is 5.75 Å². The molecule has 0 fully saturated rings. The predicted octanol–water partition coefficient (Wildman–Crippen LogP) is 5.59. The number of aliphatic imine (C=N–C) groups is 1. The molecule has 0 radical (unpaired) electrons. The van der Waals surface area contributed by atoms with Crippen LogP contribution in [0.1, 0.15) is 36.4 Å². The van der Waals surface area contributed by atoms with Crippen LogP contribution in [0, 0.1) is 0 Å². The Balaban J connectivity index is 1.64. The Morgan fingerprint density at radius 3 is 2.81 bits per heavy atom. The minimum absolute atomic E-state index is 0.148. The predicted molar refractivity (Wildman–Crippen MR) is 125 cm³/mol. The van der Waals surface area contributed by atoms with Crippen LogP contribution in [-0.2, 0) is 10.5 Å². The van der Waals surface area contributed by atoms with Crippen LogP contribution in [0.15, 0.2) is 50.8 Å². The van der Waals surface area contributed by atoms with E-state index in [0.29, 0.717) is 44.9 Å². The molecule has 0 atom stereocenters. The highest BCUT2D eigenvalue weighted by Crippen LogP contribution is 2.35. The molecule has 160 valence electrons. The Morgan fingerprint density at radius 1 is 1.32 bits per heavy atom. The quantitative estimate of drug-likeness (QED) is 0.433. The number of hydrogen-bond donors (Lipinski definition) is 0. The average Bonchev–Trinajstić information content (AvgIpc) is 3.48. The number of hydrogen-bond acceptors (Lipinski definition) is 8. The number of methoxy groups -OCH3 is 1. The zero-order valence-electron chi connectivity index (χ0n) is 17.0. The number of nitrogens with zero attached hydrogens (tertiary/aromatic N) is 4. The lowest BCUT2D eigenvalue weighted by Gasteiger charge is -2.18. The number of amides is 1. The lowest BCUT2D eigenvalue weighted by Crippen LogP contribution is -2.30. The highest BCUT2D eigenvalue weighted by atomic mass is 35.5. The third kappa shape index (κ3) is 4.68. The smallest absolute Gasteiger partial charge is 0.283 e. The van der Waals surface area contributed by atoms with E-state index in [2.05, 4.69) is 15.2 Å². The molecule has 31 heavy (non-hydrogen) atoms. The summed E-state index contributed by atoms with van der Waals surface area (Å²) in [5, 5.41) is 11.0. The molecule has 4 rings (SSSR count). The van der Waals surface area contributed by atoms with Gasteiger partial charge in [-0.05, 0) is 35.7 Å². The van der Waals surface area contributed by atoms with Gasteiger partial charge in [-0.3, -0.25) is 9.69 Å². The number of halogens is 1. The Hall–Kier alpha value is -2.62. The number of amidine groups is 1. The molecule has 1 aliphatic rings. The first kappa shape index (κ1) is 21.6. The molecule has 0 unspecified atom stereocenters. The number of aromatic nitrogens is 2. The Kier molecular flexibility index (Phi) is 6.45. The second-order valence-electron chi connectivity index (χ2n) is 6.88. The van der Waals surface area contributed by atoms with E-state index in [-0.39, 0.29) is 11.8 Å². The van der Waals surface area contributed by atoms with Crippen LogP contribution in [0.25, 0.3) is 6.08 Å². The van der Waals surface area contributed by atoms with E-state index in [0.717, 1.165) is 4.88 Å². The van der Waals surface area contributed by atoms with Crippen LogP contribution in [0.4, 0.5) is 5.69 Å². The van der Waals surface area contributed by atoms with Gasteiger partial charge in [0.05, 0.1) is 23.6 Å². The fraction of sp³-hybridized carbons (Fsp3) is 0.238. The number of carbonyl (C=O) groups is 1. The highest BCUT2D eigenvalue weighted by Gasteiger charge is 2.33. The van der Waals surface area contributed by atoms with Gasteiger partial charge in [-0.1, -0.05) is 43.3 Å². The standard InChI is InChI=1S/C21H19ClN4O3S2/c1-12(2)19-25-24-18(29-19)11-31-21-23-16(10-14-5-4-8-30-14)20(27)26(21)13-6-7-17(28-3)15(22)9-13/h4-10,12H,11H2,1-3H3/b16-10-. The van der Waals surface area contributed by atoms with Gasteiger partial charge < -0.3 is 9.15 Å². The molecule has 3 aromatic rings. The molecule has 2 aromatic heterocycles. The van der Waals surface area contributed by atoms with Gasteiger partial charge in [0.1, 0.15) is 11.4 Å². The van der Waals surface area contributed by atoms with Gasteiger partial charge >= 0.3 is 0 Å². The highest BCUT2D eigenvalue weighted by molar-refractivity contribution is 8.13. The van der Waals surface area contributed by atoms with Crippen LogP contribution < -0.4 is 9.64 Å². The molecule has 0 saturated carbocycles. The summed E-state index contributed by atoms with van der Waals surface area (Å²) in [5.74, 6) is 1.90. The van der Waals surface area contributed by atoms with Crippen molar-refractivity contribution in [2.24, 2.45) is 4.99 Å². The topological polar surface area (TPSA) is 80.8 Å². The average molecular weight is 475 g/mol. The molecule has 7 nitrogen and oxygen atoms in total. The summed E-state index contributed by atoms with van der Waals surface area (Å²) in [6.07, 6.45) is 1.78. The molecular weight excluding hydrogens is 456 g/mol. The van der Waals surface area contributed by atoms with E-state index in [1.54, 1.807) is 31.4 Å². The minimum Gasteiger partial charge on any atom is -0.495 e. The normalized spacial score (nSPS) is 15.3. The molecule has 1 aromatic carbocycles. The third-order valence-electron chi connectivity index (χ3n) is 4.35. The first-order chi connectivity index (χ1) is 15.0. The summed E-state index contributed by atoms with van der Waals surface area (Å²) in [4.78, 5) is 20.3. The van der Waals surface area contributed by atoms with Crippen molar-refractivity contribution in [3.63, 3.8) is 0 Å². The van der Waals surface area contributed by atoms with Crippen LogP contribution in [0.3, 0.4) is 0 Å². The van der Waals surface area contributed by atoms with Crippen molar-refractivity contribution in [3.8, 4) is 5.75 Å². The van der Waals surface area contributed by atoms with Crippen molar-refractivity contribution < 1.29 is 13.9 Å². The summed E-state index contributed by atoms with van der Waals surface area (Å²) in [6.45, 7) is 3.97. The monoisotopic (exact) mass is 474 g/mol. The van der Waals surface area contributed by atoms with Gasteiger partial charge in [-0.25, -0.2) is 4.99 Å². The Morgan fingerprint density at radius 2 is 2.16 bits per heavy atom. The maximum Gasteiger partial charge on any atom is 0.283 e. The summed E-state index contributed by atoms with van der Waals surface area (Å²) in [6, 6.07) is 9.05. The van der Waals surface area contributed by atoms with Crippen LogP contribution in [0.2, 0.25) is 5.02 Å². The molecular formula is C21H19ClN4O3S2. The summed E-state index contributed by atoms with van der Waals surface area (Å²) >= 11 is 9.19. The van der Waals surface area contributed by atoms with Crippen molar-refractivity contribution >= 4 is 57.5 Å². The number of thiophene rings is 1. The van der Waals surface area contributed by atoms with Crippen molar-refractivity contribution in [3.05, 3.63) is 63.1 Å². The van der Waals surface area contributed by atoms with Crippen molar-refractivity contribution in [2.75, 3.05) is 12.0 Å². The Labute approximate surface area is 192 Å². The lowest BCUT2D eigenvalue weighted by atomic mass is 10.2. The second-order valence-corrected chi connectivity index (χ2v) is 9.21. The lowest BCUT2D eigenvalue weighted by molar-refractivity contribution is -0.113. The minimum atomic E-state index is -0.231. The number of rotatable bonds is 6. The van der Waals surface area contributed by atoms with Gasteiger partial charge in [0.15, 0.2) is 5.17 Å². The van der Waals surface area contributed by atoms with Gasteiger partial charge in [0.2, 0.25) is 11.8 Å². The molecule has 1 amide bonds. The number of thioether (sulfide) groups is 1. The molecule has 0 N–H and O–H groups in total. The van der Waals surface area contributed by atoms with Gasteiger partial charge in [-0.15, -0.1) is 21.5 Å². The molecule has 10 heteroatoms. The van der Waals surface area contributed by atoms with E-state index in [9.17, 15) is 4.79 Å². The maximum atomic E-state index is 13.2.